The molecule has 1 heterocycles. The SMILES string of the molecule is NCC1CCCC1C(=O)Nc1cnoc1. The Kier molecular flexibility index (Phi) is 3.01. The molecule has 0 aromatic carbocycles. The largest absolute Gasteiger partial charge is 0.363 e. The lowest BCUT2D eigenvalue weighted by Crippen LogP contribution is -2.29. The standard InChI is InChI=1S/C10H15N3O2/c11-4-7-2-1-3-9(7)10(14)13-8-5-12-15-6-8/h5-7,9H,1-4,11H2,(H,13,14). The van der Waals surface area contributed by atoms with Crippen molar-refractivity contribution in [3.63, 3.8) is 0 Å². The predicted molar refractivity (Wildman–Crippen MR) is 55.0 cm³/mol. The molecule has 15 heavy (non-hydrogen) atoms. The number of nitrogens with two attached hydrogens (primary N) is 1. The molecule has 0 bridgehead atoms. The number of nitrogens with one attached hydrogen (secondary N) is 1. The number of carbonyl (C=O) groups is 1. The minimum atomic E-state index is 0.0335. The first-order valence-corrected chi connectivity index (χ1v) is 5.21. The number of amides is 1. The van der Waals surface area contributed by atoms with E-state index >= 15 is 0 Å². The number of nitrogens with zero attached hydrogens (tertiary/aromatic N) is 1. The Morgan fingerprint density at radius 1 is 1.67 bits per heavy atom. The Bertz CT molecular complexity index is 323. The molecule has 5 heteroatoms. The molecule has 1 aliphatic rings. The number of hydrogen-bond acceptors (Lipinski definition) is 4. The first-order chi connectivity index (χ1) is 7.31. The molecule has 2 rings (SSSR count). The molecular formula is C10H15N3O2. The van der Waals surface area contributed by atoms with E-state index in [-0.39, 0.29) is 11.8 Å². The van der Waals surface area contributed by atoms with Gasteiger partial charge in [0.1, 0.15) is 12.0 Å². The molecule has 82 valence electrons. The van der Waals surface area contributed by atoms with Crippen molar-refractivity contribution >= 4 is 11.6 Å². The average Bonchev–Trinajstić information content (AvgIpc) is 2.86. The van der Waals surface area contributed by atoms with Gasteiger partial charge in [-0.25, -0.2) is 0 Å². The molecule has 1 saturated carbocycles. The minimum Gasteiger partial charge on any atom is -0.363 e. The van der Waals surface area contributed by atoms with Crippen LogP contribution in [0.3, 0.4) is 0 Å². The Morgan fingerprint density at radius 3 is 3.20 bits per heavy atom. The van der Waals surface area contributed by atoms with Gasteiger partial charge in [0.05, 0.1) is 6.20 Å². The highest BCUT2D eigenvalue weighted by Gasteiger charge is 2.31. The van der Waals surface area contributed by atoms with Gasteiger partial charge in [-0.2, -0.15) is 0 Å². The molecule has 0 saturated heterocycles. The van der Waals surface area contributed by atoms with Crippen LogP contribution >= 0.6 is 0 Å². The van der Waals surface area contributed by atoms with Crippen molar-refractivity contribution in [2.45, 2.75) is 19.3 Å². The van der Waals surface area contributed by atoms with Gasteiger partial charge in [0, 0.05) is 5.92 Å². The van der Waals surface area contributed by atoms with E-state index in [0.29, 0.717) is 18.2 Å². The average molecular weight is 209 g/mol. The van der Waals surface area contributed by atoms with Crippen molar-refractivity contribution in [1.82, 2.24) is 5.16 Å². The lowest BCUT2D eigenvalue weighted by molar-refractivity contribution is -0.120. The van der Waals surface area contributed by atoms with E-state index in [4.69, 9.17) is 5.73 Å². The Balaban J connectivity index is 1.96. The van der Waals surface area contributed by atoms with Gasteiger partial charge >= 0.3 is 0 Å². The maximum absolute atomic E-state index is 11.8. The van der Waals surface area contributed by atoms with Crippen LogP contribution in [0.5, 0.6) is 0 Å². The van der Waals surface area contributed by atoms with Crippen molar-refractivity contribution in [3.8, 4) is 0 Å². The number of anilines is 1. The van der Waals surface area contributed by atoms with Gasteiger partial charge in [0.15, 0.2) is 0 Å². The number of rotatable bonds is 3. The molecule has 2 unspecified atom stereocenters. The van der Waals surface area contributed by atoms with E-state index in [0.717, 1.165) is 19.3 Å². The minimum absolute atomic E-state index is 0.0335. The molecule has 5 nitrogen and oxygen atoms in total. The third kappa shape index (κ3) is 2.18. The van der Waals surface area contributed by atoms with Crippen LogP contribution in [0.25, 0.3) is 0 Å². The van der Waals surface area contributed by atoms with Crippen LogP contribution in [0, 0.1) is 11.8 Å². The second kappa shape index (κ2) is 4.44. The Labute approximate surface area is 88.0 Å². The molecule has 1 fully saturated rings. The number of hydrogen-bond donors (Lipinski definition) is 2. The fourth-order valence-electron chi connectivity index (χ4n) is 2.17. The van der Waals surface area contributed by atoms with E-state index < -0.39 is 0 Å². The van der Waals surface area contributed by atoms with Crippen molar-refractivity contribution in [3.05, 3.63) is 12.5 Å². The number of aromatic nitrogens is 1. The molecular weight excluding hydrogens is 194 g/mol. The molecule has 0 aliphatic heterocycles. The molecule has 0 radical (unpaired) electrons. The summed E-state index contributed by atoms with van der Waals surface area (Å²) >= 11 is 0. The van der Waals surface area contributed by atoms with Crippen molar-refractivity contribution in [1.29, 1.82) is 0 Å². The molecule has 1 aromatic rings. The van der Waals surface area contributed by atoms with Crippen LogP contribution in [0.4, 0.5) is 5.69 Å². The van der Waals surface area contributed by atoms with E-state index in [9.17, 15) is 4.79 Å². The summed E-state index contributed by atoms with van der Waals surface area (Å²) in [4.78, 5) is 11.8. The van der Waals surface area contributed by atoms with Gasteiger partial charge in [0.2, 0.25) is 5.91 Å². The van der Waals surface area contributed by atoms with E-state index in [2.05, 4.69) is 15.0 Å². The summed E-state index contributed by atoms with van der Waals surface area (Å²) < 4.78 is 4.64. The van der Waals surface area contributed by atoms with Gasteiger partial charge in [-0.3, -0.25) is 4.79 Å². The summed E-state index contributed by atoms with van der Waals surface area (Å²) in [6.07, 6.45) is 5.98. The summed E-state index contributed by atoms with van der Waals surface area (Å²) in [5.41, 5.74) is 6.24. The number of carbonyl (C=O) groups excluding carboxylic acids is 1. The summed E-state index contributed by atoms with van der Waals surface area (Å²) in [5.74, 6) is 0.404. The first-order valence-electron chi connectivity index (χ1n) is 5.21. The van der Waals surface area contributed by atoms with Gasteiger partial charge in [0.25, 0.3) is 0 Å². The lowest BCUT2D eigenvalue weighted by atomic mass is 9.95. The van der Waals surface area contributed by atoms with Crippen LogP contribution in [0.15, 0.2) is 17.0 Å². The third-order valence-electron chi connectivity index (χ3n) is 3.00. The van der Waals surface area contributed by atoms with Crippen LogP contribution in [-0.4, -0.2) is 17.6 Å². The second-order valence-corrected chi connectivity index (χ2v) is 3.94. The summed E-state index contributed by atoms with van der Waals surface area (Å²) in [6, 6.07) is 0. The summed E-state index contributed by atoms with van der Waals surface area (Å²) in [5, 5.41) is 6.30. The quantitative estimate of drug-likeness (QED) is 0.777. The van der Waals surface area contributed by atoms with Crippen molar-refractivity contribution in [2.75, 3.05) is 11.9 Å². The fourth-order valence-corrected chi connectivity index (χ4v) is 2.17. The second-order valence-electron chi connectivity index (χ2n) is 3.94. The molecule has 2 atom stereocenters. The normalized spacial score (nSPS) is 25.4. The molecule has 1 amide bonds. The highest BCUT2D eigenvalue weighted by Crippen LogP contribution is 2.31. The van der Waals surface area contributed by atoms with Crippen molar-refractivity contribution < 1.29 is 9.32 Å². The first kappa shape index (κ1) is 10.2. The molecule has 3 N–H and O–H groups in total. The Morgan fingerprint density at radius 2 is 2.53 bits per heavy atom. The third-order valence-corrected chi connectivity index (χ3v) is 3.00. The highest BCUT2D eigenvalue weighted by molar-refractivity contribution is 5.92. The van der Waals surface area contributed by atoms with Gasteiger partial charge in [-0.1, -0.05) is 11.6 Å². The summed E-state index contributed by atoms with van der Waals surface area (Å²) in [7, 11) is 0. The van der Waals surface area contributed by atoms with E-state index in [1.165, 1.54) is 12.5 Å². The van der Waals surface area contributed by atoms with Gasteiger partial charge in [-0.15, -0.1) is 0 Å². The van der Waals surface area contributed by atoms with Crippen molar-refractivity contribution in [2.24, 2.45) is 17.6 Å². The molecule has 1 aliphatic carbocycles. The zero-order valence-electron chi connectivity index (χ0n) is 8.48. The monoisotopic (exact) mass is 209 g/mol. The van der Waals surface area contributed by atoms with Crippen LogP contribution in [-0.2, 0) is 4.79 Å². The van der Waals surface area contributed by atoms with Crippen LogP contribution in [0.2, 0.25) is 0 Å². The topological polar surface area (TPSA) is 81.2 Å². The van der Waals surface area contributed by atoms with E-state index in [1.807, 2.05) is 0 Å². The van der Waals surface area contributed by atoms with Gasteiger partial charge in [-0.05, 0) is 25.3 Å². The van der Waals surface area contributed by atoms with Gasteiger partial charge < -0.3 is 15.6 Å². The Hall–Kier alpha value is -1.36. The van der Waals surface area contributed by atoms with Crippen LogP contribution in [0.1, 0.15) is 19.3 Å². The lowest BCUT2D eigenvalue weighted by Gasteiger charge is -2.16. The maximum atomic E-state index is 11.8. The fraction of sp³-hybridized carbons (Fsp3) is 0.600. The smallest absolute Gasteiger partial charge is 0.227 e. The zero-order chi connectivity index (χ0) is 10.7. The molecule has 0 spiro atoms. The molecule has 1 aromatic heterocycles. The summed E-state index contributed by atoms with van der Waals surface area (Å²) in [6.45, 7) is 0.585. The highest BCUT2D eigenvalue weighted by atomic mass is 16.5. The van der Waals surface area contributed by atoms with Crippen LogP contribution < -0.4 is 11.1 Å². The maximum Gasteiger partial charge on any atom is 0.227 e. The predicted octanol–water partition coefficient (Wildman–Crippen LogP) is 0.988. The van der Waals surface area contributed by atoms with E-state index in [1.54, 1.807) is 0 Å². The zero-order valence-corrected chi connectivity index (χ0v) is 8.48.